The average Bonchev–Trinajstić information content (AvgIpc) is 2.65. The summed E-state index contributed by atoms with van der Waals surface area (Å²) < 4.78 is 0. The molecule has 1 N–H and O–H groups in total. The molecule has 3 rings (SSSR count). The maximum atomic E-state index is 11.9. The van der Waals surface area contributed by atoms with Crippen molar-refractivity contribution in [1.29, 1.82) is 0 Å². The van der Waals surface area contributed by atoms with Crippen LogP contribution in [0.15, 0.2) is 60.0 Å². The summed E-state index contributed by atoms with van der Waals surface area (Å²) in [6.45, 7) is 3.12. The van der Waals surface area contributed by atoms with Gasteiger partial charge in [-0.05, 0) is 49.5 Å². The summed E-state index contributed by atoms with van der Waals surface area (Å²) in [6, 6.07) is 14.0. The van der Waals surface area contributed by atoms with E-state index in [-0.39, 0.29) is 5.91 Å². The van der Waals surface area contributed by atoms with Crippen molar-refractivity contribution in [3.8, 4) is 0 Å². The molecule has 0 spiro atoms. The standard InChI is InChI=1S/C19H22N4O/c24-19(18-7-4-10-20-14-18)22-21-13-16-8-11-23(12-9-16)15-17-5-2-1-3-6-17/h1-7,10,13-14,16H,8-9,11-12,15H2,(H,22,24)/b21-13+. The molecule has 0 unspecified atom stereocenters. The predicted molar refractivity (Wildman–Crippen MR) is 94.6 cm³/mol. The van der Waals surface area contributed by atoms with Crippen LogP contribution in [0.3, 0.4) is 0 Å². The summed E-state index contributed by atoms with van der Waals surface area (Å²) in [4.78, 5) is 18.3. The third-order valence-corrected chi connectivity index (χ3v) is 4.26. The number of nitrogens with zero attached hydrogens (tertiary/aromatic N) is 3. The summed E-state index contributed by atoms with van der Waals surface area (Å²) in [5.41, 5.74) is 4.45. The van der Waals surface area contributed by atoms with Crippen molar-refractivity contribution in [2.75, 3.05) is 13.1 Å². The third kappa shape index (κ3) is 4.73. The number of hydrogen-bond donors (Lipinski definition) is 1. The summed E-state index contributed by atoms with van der Waals surface area (Å²) in [6.07, 6.45) is 7.18. The van der Waals surface area contributed by atoms with E-state index in [0.29, 0.717) is 11.5 Å². The van der Waals surface area contributed by atoms with Crippen LogP contribution in [0.4, 0.5) is 0 Å². The Morgan fingerprint density at radius 1 is 1.21 bits per heavy atom. The first kappa shape index (κ1) is 16.3. The average molecular weight is 322 g/mol. The van der Waals surface area contributed by atoms with Gasteiger partial charge < -0.3 is 0 Å². The first-order chi connectivity index (χ1) is 11.8. The van der Waals surface area contributed by atoms with Crippen LogP contribution in [0, 0.1) is 5.92 Å². The van der Waals surface area contributed by atoms with Crippen molar-refractivity contribution in [1.82, 2.24) is 15.3 Å². The molecule has 5 nitrogen and oxygen atoms in total. The Morgan fingerprint density at radius 3 is 2.71 bits per heavy atom. The first-order valence-electron chi connectivity index (χ1n) is 8.31. The number of piperidine rings is 1. The molecule has 1 aliphatic rings. The zero-order chi connectivity index (χ0) is 16.6. The molecule has 0 saturated carbocycles. The highest BCUT2D eigenvalue weighted by Crippen LogP contribution is 2.17. The number of pyridine rings is 1. The van der Waals surface area contributed by atoms with E-state index < -0.39 is 0 Å². The van der Waals surface area contributed by atoms with Crippen molar-refractivity contribution >= 4 is 12.1 Å². The molecule has 0 atom stereocenters. The molecule has 1 fully saturated rings. The van der Waals surface area contributed by atoms with Crippen LogP contribution in [0.25, 0.3) is 0 Å². The van der Waals surface area contributed by atoms with Gasteiger partial charge in [-0.1, -0.05) is 30.3 Å². The maximum absolute atomic E-state index is 11.9. The lowest BCUT2D eigenvalue weighted by molar-refractivity contribution is 0.0954. The second-order valence-electron chi connectivity index (χ2n) is 6.06. The predicted octanol–water partition coefficient (Wildman–Crippen LogP) is 2.71. The van der Waals surface area contributed by atoms with E-state index >= 15 is 0 Å². The van der Waals surface area contributed by atoms with Crippen LogP contribution < -0.4 is 5.43 Å². The van der Waals surface area contributed by atoms with Gasteiger partial charge in [0.15, 0.2) is 0 Å². The van der Waals surface area contributed by atoms with E-state index in [1.807, 2.05) is 12.3 Å². The van der Waals surface area contributed by atoms with Gasteiger partial charge in [0.05, 0.1) is 5.56 Å². The second kappa shape index (κ2) is 8.36. The van der Waals surface area contributed by atoms with Gasteiger partial charge in [0, 0.05) is 25.2 Å². The quantitative estimate of drug-likeness (QED) is 0.680. The number of aromatic nitrogens is 1. The highest BCUT2D eigenvalue weighted by Gasteiger charge is 2.17. The molecule has 1 saturated heterocycles. The summed E-state index contributed by atoms with van der Waals surface area (Å²) in [5, 5.41) is 4.11. The Morgan fingerprint density at radius 2 is 2.00 bits per heavy atom. The number of carbonyl (C=O) groups is 1. The van der Waals surface area contributed by atoms with Gasteiger partial charge in [-0.2, -0.15) is 5.10 Å². The lowest BCUT2D eigenvalue weighted by atomic mass is 9.98. The minimum absolute atomic E-state index is 0.221. The molecule has 5 heteroatoms. The number of rotatable bonds is 5. The summed E-state index contributed by atoms with van der Waals surface area (Å²) in [5.74, 6) is 0.201. The fourth-order valence-corrected chi connectivity index (χ4v) is 2.86. The smallest absolute Gasteiger partial charge is 0.272 e. The molecule has 2 aromatic rings. The lowest BCUT2D eigenvalue weighted by Gasteiger charge is -2.30. The van der Waals surface area contributed by atoms with Crippen LogP contribution in [-0.4, -0.2) is 35.1 Å². The Labute approximate surface area is 142 Å². The molecule has 0 bridgehead atoms. The van der Waals surface area contributed by atoms with Crippen molar-refractivity contribution in [3.05, 3.63) is 66.0 Å². The number of hydrogen-bond acceptors (Lipinski definition) is 4. The van der Waals surface area contributed by atoms with Gasteiger partial charge in [0.25, 0.3) is 5.91 Å². The van der Waals surface area contributed by atoms with Crippen LogP contribution >= 0.6 is 0 Å². The molecule has 0 radical (unpaired) electrons. The Kier molecular flexibility index (Phi) is 5.69. The SMILES string of the molecule is O=C(N/N=C/C1CCN(Cc2ccccc2)CC1)c1cccnc1. The number of carbonyl (C=O) groups excluding carboxylic acids is 1. The summed E-state index contributed by atoms with van der Waals surface area (Å²) in [7, 11) is 0. The van der Waals surface area contributed by atoms with E-state index in [2.05, 4.69) is 44.7 Å². The molecule has 1 aromatic heterocycles. The van der Waals surface area contributed by atoms with E-state index in [0.717, 1.165) is 32.5 Å². The minimum Gasteiger partial charge on any atom is -0.299 e. The number of amides is 1. The van der Waals surface area contributed by atoms with Crippen LogP contribution in [0.5, 0.6) is 0 Å². The van der Waals surface area contributed by atoms with Gasteiger partial charge in [-0.25, -0.2) is 5.43 Å². The van der Waals surface area contributed by atoms with Gasteiger partial charge >= 0.3 is 0 Å². The molecule has 24 heavy (non-hydrogen) atoms. The van der Waals surface area contributed by atoms with Crippen molar-refractivity contribution in [2.24, 2.45) is 11.0 Å². The van der Waals surface area contributed by atoms with Gasteiger partial charge in [-0.3, -0.25) is 14.7 Å². The third-order valence-electron chi connectivity index (χ3n) is 4.26. The molecule has 0 aliphatic carbocycles. The number of nitrogens with one attached hydrogen (secondary N) is 1. The molecular formula is C19H22N4O. The van der Waals surface area contributed by atoms with Crippen molar-refractivity contribution in [3.63, 3.8) is 0 Å². The normalized spacial score (nSPS) is 16.3. The fraction of sp³-hybridized carbons (Fsp3) is 0.316. The highest BCUT2D eigenvalue weighted by atomic mass is 16.2. The molecule has 124 valence electrons. The number of benzene rings is 1. The Balaban J connectivity index is 1.41. The topological polar surface area (TPSA) is 57.6 Å². The van der Waals surface area contributed by atoms with Crippen molar-refractivity contribution < 1.29 is 4.79 Å². The van der Waals surface area contributed by atoms with E-state index in [1.54, 1.807) is 18.3 Å². The van der Waals surface area contributed by atoms with E-state index in [4.69, 9.17) is 0 Å². The monoisotopic (exact) mass is 322 g/mol. The lowest BCUT2D eigenvalue weighted by Crippen LogP contribution is -2.34. The van der Waals surface area contributed by atoms with Crippen molar-refractivity contribution in [2.45, 2.75) is 19.4 Å². The molecule has 2 heterocycles. The van der Waals surface area contributed by atoms with Gasteiger partial charge in [0.1, 0.15) is 0 Å². The largest absolute Gasteiger partial charge is 0.299 e. The Hall–Kier alpha value is -2.53. The van der Waals surface area contributed by atoms with Gasteiger partial charge in [-0.15, -0.1) is 0 Å². The minimum atomic E-state index is -0.221. The molecule has 1 aliphatic heterocycles. The van der Waals surface area contributed by atoms with Crippen LogP contribution in [-0.2, 0) is 6.54 Å². The number of hydrazone groups is 1. The second-order valence-corrected chi connectivity index (χ2v) is 6.06. The van der Waals surface area contributed by atoms with Crippen LogP contribution in [0.2, 0.25) is 0 Å². The highest BCUT2D eigenvalue weighted by molar-refractivity contribution is 5.93. The molecular weight excluding hydrogens is 300 g/mol. The van der Waals surface area contributed by atoms with E-state index in [9.17, 15) is 4.79 Å². The zero-order valence-electron chi connectivity index (χ0n) is 13.6. The number of likely N-dealkylation sites (tertiary alicyclic amines) is 1. The molecule has 1 amide bonds. The zero-order valence-corrected chi connectivity index (χ0v) is 13.6. The maximum Gasteiger partial charge on any atom is 0.272 e. The first-order valence-corrected chi connectivity index (χ1v) is 8.31. The Bertz CT molecular complexity index is 664. The van der Waals surface area contributed by atoms with E-state index in [1.165, 1.54) is 11.8 Å². The fourth-order valence-electron chi connectivity index (χ4n) is 2.86. The summed E-state index contributed by atoms with van der Waals surface area (Å²) >= 11 is 0. The van der Waals surface area contributed by atoms with Crippen LogP contribution in [0.1, 0.15) is 28.8 Å². The molecule has 1 aromatic carbocycles. The van der Waals surface area contributed by atoms with Gasteiger partial charge in [0.2, 0.25) is 0 Å².